The Hall–Kier alpha value is -1.77. The molecule has 2 aromatic rings. The largest absolute Gasteiger partial charge is 0.493 e. The van der Waals surface area contributed by atoms with Crippen molar-refractivity contribution < 1.29 is 9.26 Å². The van der Waals surface area contributed by atoms with Crippen LogP contribution in [-0.2, 0) is 13.0 Å². The van der Waals surface area contributed by atoms with Crippen molar-refractivity contribution in [1.29, 1.82) is 0 Å². The molecule has 0 bridgehead atoms. The van der Waals surface area contributed by atoms with E-state index in [1.54, 1.807) is 0 Å². The fourth-order valence-electron chi connectivity index (χ4n) is 2.48. The summed E-state index contributed by atoms with van der Waals surface area (Å²) in [6.45, 7) is 12.5. The summed E-state index contributed by atoms with van der Waals surface area (Å²) >= 11 is 0. The van der Waals surface area contributed by atoms with Crippen LogP contribution in [0.3, 0.4) is 0 Å². The summed E-state index contributed by atoms with van der Waals surface area (Å²) in [5.41, 5.74) is 2.12. The van der Waals surface area contributed by atoms with Gasteiger partial charge in [-0.2, -0.15) is 0 Å². The second-order valence-electron chi connectivity index (χ2n) is 6.97. The van der Waals surface area contributed by atoms with Gasteiger partial charge in [0, 0.05) is 12.6 Å². The number of rotatable bonds is 9. The lowest BCUT2D eigenvalue weighted by atomic mass is 10.1. The number of benzene rings is 1. The number of aryl methyl sites for hydroxylation is 1. The Morgan fingerprint density at radius 1 is 1.18 bits per heavy atom. The molecule has 1 heterocycles. The van der Waals surface area contributed by atoms with Crippen LogP contribution in [0.25, 0.3) is 0 Å². The maximum atomic E-state index is 5.75. The predicted octanol–water partition coefficient (Wildman–Crippen LogP) is 4.71. The number of aromatic nitrogens is 1. The number of ether oxygens (including phenoxy) is 1. The van der Waals surface area contributed by atoms with Crippen LogP contribution in [0.5, 0.6) is 5.75 Å². The minimum Gasteiger partial charge on any atom is -0.493 e. The molecule has 2 N–H and O–H groups in total. The molecule has 1 atom stereocenters. The first-order valence-electron chi connectivity index (χ1n) is 9.73. The van der Waals surface area contributed by atoms with Crippen molar-refractivity contribution in [3.05, 3.63) is 47.3 Å². The fraction of sp³-hybridized carbons (Fsp3) is 0.524. The number of hydrogen-bond acceptors (Lipinski definition) is 4. The Balaban J connectivity index is 0.00000392. The number of aliphatic imine (C=N–C) groups is 1. The minimum absolute atomic E-state index is 0. The minimum atomic E-state index is 0. The molecule has 0 amide bonds. The molecule has 0 radical (unpaired) electrons. The van der Waals surface area contributed by atoms with E-state index in [4.69, 9.17) is 9.26 Å². The number of guanidine groups is 1. The Kier molecular flexibility index (Phi) is 11.0. The molecule has 2 rings (SSSR count). The topological polar surface area (TPSA) is 71.7 Å². The highest BCUT2D eigenvalue weighted by Crippen LogP contribution is 2.18. The highest BCUT2D eigenvalue weighted by Gasteiger charge is 2.09. The van der Waals surface area contributed by atoms with Crippen molar-refractivity contribution in [2.45, 2.75) is 53.6 Å². The molecule has 0 fully saturated rings. The highest BCUT2D eigenvalue weighted by molar-refractivity contribution is 14.0. The molecule has 0 spiro atoms. The van der Waals surface area contributed by atoms with Gasteiger partial charge < -0.3 is 19.9 Å². The summed E-state index contributed by atoms with van der Waals surface area (Å²) in [6.07, 6.45) is 0.861. The summed E-state index contributed by atoms with van der Waals surface area (Å²) in [4.78, 5) is 4.60. The van der Waals surface area contributed by atoms with E-state index in [0.717, 1.165) is 42.7 Å². The van der Waals surface area contributed by atoms with E-state index < -0.39 is 0 Å². The van der Waals surface area contributed by atoms with Gasteiger partial charge in [0.1, 0.15) is 12.3 Å². The summed E-state index contributed by atoms with van der Waals surface area (Å²) < 4.78 is 11.0. The van der Waals surface area contributed by atoms with E-state index in [1.807, 2.05) is 25.1 Å². The SMILES string of the molecule is CCNC(=NCc1cc(CC)no1)NC(C)c1ccc(OCC(C)C)cc1.I. The Labute approximate surface area is 185 Å². The molecular weight excluding hydrogens is 467 g/mol. The van der Waals surface area contributed by atoms with Crippen molar-refractivity contribution in [2.75, 3.05) is 13.2 Å². The summed E-state index contributed by atoms with van der Waals surface area (Å²) in [6, 6.07) is 10.3. The third kappa shape index (κ3) is 8.08. The van der Waals surface area contributed by atoms with Crippen LogP contribution < -0.4 is 15.4 Å². The molecule has 0 aliphatic carbocycles. The zero-order valence-electron chi connectivity index (χ0n) is 17.5. The molecule has 0 aliphatic heterocycles. The molecule has 1 unspecified atom stereocenters. The maximum absolute atomic E-state index is 5.75. The summed E-state index contributed by atoms with van der Waals surface area (Å²) in [5.74, 6) is 2.93. The van der Waals surface area contributed by atoms with E-state index in [-0.39, 0.29) is 30.0 Å². The van der Waals surface area contributed by atoms with Gasteiger partial charge in [0.25, 0.3) is 0 Å². The van der Waals surface area contributed by atoms with Crippen molar-refractivity contribution in [1.82, 2.24) is 15.8 Å². The zero-order chi connectivity index (χ0) is 19.6. The molecular formula is C21H33IN4O2. The first-order chi connectivity index (χ1) is 13.0. The molecule has 156 valence electrons. The Morgan fingerprint density at radius 2 is 1.89 bits per heavy atom. The first-order valence-corrected chi connectivity index (χ1v) is 9.73. The average molecular weight is 500 g/mol. The van der Waals surface area contributed by atoms with Crippen molar-refractivity contribution >= 4 is 29.9 Å². The van der Waals surface area contributed by atoms with E-state index in [2.05, 4.69) is 60.6 Å². The fourth-order valence-corrected chi connectivity index (χ4v) is 2.48. The van der Waals surface area contributed by atoms with Gasteiger partial charge in [-0.25, -0.2) is 4.99 Å². The van der Waals surface area contributed by atoms with Gasteiger partial charge in [0.05, 0.1) is 18.3 Å². The monoisotopic (exact) mass is 500 g/mol. The lowest BCUT2D eigenvalue weighted by Crippen LogP contribution is -2.38. The Bertz CT molecular complexity index is 713. The third-order valence-electron chi connectivity index (χ3n) is 4.02. The van der Waals surface area contributed by atoms with E-state index in [1.165, 1.54) is 5.56 Å². The van der Waals surface area contributed by atoms with Crippen molar-refractivity contribution in [3.8, 4) is 5.75 Å². The molecule has 0 aliphatic rings. The van der Waals surface area contributed by atoms with E-state index in [0.29, 0.717) is 12.5 Å². The van der Waals surface area contributed by atoms with Crippen LogP contribution in [0, 0.1) is 5.92 Å². The van der Waals surface area contributed by atoms with Crippen LogP contribution in [0.15, 0.2) is 39.8 Å². The van der Waals surface area contributed by atoms with Gasteiger partial charge in [-0.3, -0.25) is 0 Å². The number of nitrogens with one attached hydrogen (secondary N) is 2. The molecule has 7 heteroatoms. The van der Waals surface area contributed by atoms with Crippen LogP contribution in [-0.4, -0.2) is 24.3 Å². The third-order valence-corrected chi connectivity index (χ3v) is 4.02. The summed E-state index contributed by atoms with van der Waals surface area (Å²) in [5, 5.41) is 10.7. The second kappa shape index (κ2) is 12.6. The lowest BCUT2D eigenvalue weighted by molar-refractivity contribution is 0.271. The van der Waals surface area contributed by atoms with Gasteiger partial charge in [-0.15, -0.1) is 24.0 Å². The van der Waals surface area contributed by atoms with E-state index in [9.17, 15) is 0 Å². The Morgan fingerprint density at radius 3 is 2.46 bits per heavy atom. The van der Waals surface area contributed by atoms with Gasteiger partial charge in [-0.05, 0) is 43.9 Å². The average Bonchev–Trinajstić information content (AvgIpc) is 3.13. The number of halogens is 1. The molecule has 1 aromatic heterocycles. The van der Waals surface area contributed by atoms with Crippen molar-refractivity contribution in [2.24, 2.45) is 10.9 Å². The maximum Gasteiger partial charge on any atom is 0.192 e. The molecule has 28 heavy (non-hydrogen) atoms. The number of hydrogen-bond donors (Lipinski definition) is 2. The van der Waals surface area contributed by atoms with Crippen LogP contribution in [0.1, 0.15) is 57.7 Å². The quantitative estimate of drug-likeness (QED) is 0.297. The second-order valence-corrected chi connectivity index (χ2v) is 6.97. The van der Waals surface area contributed by atoms with Crippen LogP contribution in [0.2, 0.25) is 0 Å². The van der Waals surface area contributed by atoms with Crippen molar-refractivity contribution in [3.63, 3.8) is 0 Å². The van der Waals surface area contributed by atoms with Gasteiger partial charge in [0.15, 0.2) is 11.7 Å². The van der Waals surface area contributed by atoms with E-state index >= 15 is 0 Å². The lowest BCUT2D eigenvalue weighted by Gasteiger charge is -2.18. The molecule has 1 aromatic carbocycles. The standard InChI is InChI=1S/C21H32N4O2.HI/c1-6-18-12-20(27-25-18)13-23-21(22-7-2)24-16(5)17-8-10-19(11-9-17)26-14-15(3)4;/h8-12,15-16H,6-7,13-14H2,1-5H3,(H2,22,23,24);1H. The van der Waals surface area contributed by atoms with Crippen LogP contribution in [0.4, 0.5) is 0 Å². The van der Waals surface area contributed by atoms with Gasteiger partial charge in [0.2, 0.25) is 0 Å². The normalized spacial score (nSPS) is 12.4. The van der Waals surface area contributed by atoms with Gasteiger partial charge >= 0.3 is 0 Å². The predicted molar refractivity (Wildman–Crippen MR) is 124 cm³/mol. The highest BCUT2D eigenvalue weighted by atomic mass is 127. The summed E-state index contributed by atoms with van der Waals surface area (Å²) in [7, 11) is 0. The molecule has 6 nitrogen and oxygen atoms in total. The van der Waals surface area contributed by atoms with Gasteiger partial charge in [-0.1, -0.05) is 38.1 Å². The zero-order valence-corrected chi connectivity index (χ0v) is 19.8. The molecule has 0 saturated heterocycles. The van der Waals surface area contributed by atoms with Crippen LogP contribution >= 0.6 is 24.0 Å². The first kappa shape index (κ1) is 24.3. The number of nitrogens with zero attached hydrogens (tertiary/aromatic N) is 2. The smallest absolute Gasteiger partial charge is 0.192 e. The molecule has 0 saturated carbocycles.